The lowest BCUT2D eigenvalue weighted by Gasteiger charge is -2.18. The highest BCUT2D eigenvalue weighted by Crippen LogP contribution is 2.19. The van der Waals surface area contributed by atoms with E-state index in [-0.39, 0.29) is 0 Å². The molecule has 2 unspecified atom stereocenters. The largest absolute Gasteiger partial charge is 0.356 e. The van der Waals surface area contributed by atoms with Gasteiger partial charge in [0.2, 0.25) is 0 Å². The van der Waals surface area contributed by atoms with Crippen molar-refractivity contribution in [1.29, 1.82) is 0 Å². The molecule has 0 fully saturated rings. The van der Waals surface area contributed by atoms with Gasteiger partial charge in [0.15, 0.2) is 5.96 Å². The van der Waals surface area contributed by atoms with Crippen molar-refractivity contribution < 1.29 is 0 Å². The third-order valence-corrected chi connectivity index (χ3v) is 4.88. The summed E-state index contributed by atoms with van der Waals surface area (Å²) in [7, 11) is 1.82. The van der Waals surface area contributed by atoms with Crippen molar-refractivity contribution in [3.05, 3.63) is 58.3 Å². The average Bonchev–Trinajstić information content (AvgIpc) is 3.10. The Kier molecular flexibility index (Phi) is 6.46. The molecule has 0 radical (unpaired) electrons. The molecule has 22 heavy (non-hydrogen) atoms. The van der Waals surface area contributed by atoms with Crippen molar-refractivity contribution in [2.75, 3.05) is 20.1 Å². The fourth-order valence-electron chi connectivity index (χ4n) is 2.29. The van der Waals surface area contributed by atoms with Gasteiger partial charge in [-0.15, -0.1) is 11.3 Å². The maximum Gasteiger partial charge on any atom is 0.191 e. The van der Waals surface area contributed by atoms with Gasteiger partial charge >= 0.3 is 0 Å². The van der Waals surface area contributed by atoms with Crippen LogP contribution in [0.3, 0.4) is 0 Å². The van der Waals surface area contributed by atoms with Gasteiger partial charge in [-0.1, -0.05) is 50.2 Å². The van der Waals surface area contributed by atoms with E-state index in [0.717, 1.165) is 19.0 Å². The van der Waals surface area contributed by atoms with Crippen molar-refractivity contribution in [1.82, 2.24) is 10.6 Å². The van der Waals surface area contributed by atoms with Crippen LogP contribution in [0.5, 0.6) is 0 Å². The van der Waals surface area contributed by atoms with E-state index in [1.165, 1.54) is 10.4 Å². The standard InChI is InChI=1S/C18H25N3S/c1-14(16-8-5-4-6-9-16)12-20-18(19-3)21-13-15(2)17-10-7-11-22-17/h4-11,14-15H,12-13H2,1-3H3,(H2,19,20,21). The van der Waals surface area contributed by atoms with E-state index in [1.807, 2.05) is 7.05 Å². The molecule has 118 valence electrons. The van der Waals surface area contributed by atoms with Crippen molar-refractivity contribution in [2.24, 2.45) is 4.99 Å². The number of hydrogen-bond acceptors (Lipinski definition) is 2. The van der Waals surface area contributed by atoms with Crippen LogP contribution in [0.4, 0.5) is 0 Å². The second-order valence-corrected chi connectivity index (χ2v) is 6.54. The zero-order valence-corrected chi connectivity index (χ0v) is 14.4. The fraction of sp³-hybridized carbons (Fsp3) is 0.389. The van der Waals surface area contributed by atoms with Crippen molar-refractivity contribution in [3.8, 4) is 0 Å². The number of nitrogens with one attached hydrogen (secondary N) is 2. The molecule has 2 atom stereocenters. The molecule has 0 amide bonds. The summed E-state index contributed by atoms with van der Waals surface area (Å²) in [5.41, 5.74) is 1.34. The zero-order valence-electron chi connectivity index (χ0n) is 13.5. The molecule has 0 aliphatic rings. The van der Waals surface area contributed by atoms with E-state index >= 15 is 0 Å². The summed E-state index contributed by atoms with van der Waals surface area (Å²) in [6.07, 6.45) is 0. The molecule has 0 aliphatic carbocycles. The van der Waals surface area contributed by atoms with Gasteiger partial charge < -0.3 is 10.6 Å². The number of guanidine groups is 1. The minimum Gasteiger partial charge on any atom is -0.356 e. The van der Waals surface area contributed by atoms with E-state index in [4.69, 9.17) is 0 Å². The van der Waals surface area contributed by atoms with Gasteiger partial charge in [0.1, 0.15) is 0 Å². The van der Waals surface area contributed by atoms with Crippen LogP contribution in [0.1, 0.15) is 36.1 Å². The van der Waals surface area contributed by atoms with Gasteiger partial charge in [-0.05, 0) is 22.9 Å². The summed E-state index contributed by atoms with van der Waals surface area (Å²) in [6, 6.07) is 14.8. The number of thiophene rings is 1. The Morgan fingerprint density at radius 3 is 2.27 bits per heavy atom. The molecular formula is C18H25N3S. The van der Waals surface area contributed by atoms with E-state index in [0.29, 0.717) is 11.8 Å². The van der Waals surface area contributed by atoms with Crippen LogP contribution in [0.2, 0.25) is 0 Å². The van der Waals surface area contributed by atoms with E-state index in [9.17, 15) is 0 Å². The Morgan fingerprint density at radius 2 is 1.68 bits per heavy atom. The lowest BCUT2D eigenvalue weighted by Crippen LogP contribution is -2.40. The first-order valence-electron chi connectivity index (χ1n) is 7.73. The second kappa shape index (κ2) is 8.59. The van der Waals surface area contributed by atoms with Crippen LogP contribution < -0.4 is 10.6 Å². The van der Waals surface area contributed by atoms with Crippen molar-refractivity contribution in [3.63, 3.8) is 0 Å². The molecule has 2 aromatic rings. The Balaban J connectivity index is 1.78. The minimum absolute atomic E-state index is 0.453. The van der Waals surface area contributed by atoms with Gasteiger partial charge in [0, 0.05) is 30.9 Å². The van der Waals surface area contributed by atoms with Crippen molar-refractivity contribution in [2.45, 2.75) is 25.7 Å². The molecule has 4 heteroatoms. The van der Waals surface area contributed by atoms with E-state index in [1.54, 1.807) is 11.3 Å². The third kappa shape index (κ3) is 4.88. The number of hydrogen-bond donors (Lipinski definition) is 2. The summed E-state index contributed by atoms with van der Waals surface area (Å²) in [5.74, 6) is 1.81. The first-order valence-corrected chi connectivity index (χ1v) is 8.61. The summed E-state index contributed by atoms with van der Waals surface area (Å²) in [4.78, 5) is 5.71. The van der Waals surface area contributed by atoms with Gasteiger partial charge in [-0.25, -0.2) is 0 Å². The Hall–Kier alpha value is -1.81. The fourth-order valence-corrected chi connectivity index (χ4v) is 3.08. The summed E-state index contributed by atoms with van der Waals surface area (Å²) in [5, 5.41) is 8.95. The molecule has 0 spiro atoms. The molecule has 1 heterocycles. The first kappa shape index (κ1) is 16.6. The number of aliphatic imine (C=N–C) groups is 1. The van der Waals surface area contributed by atoms with Gasteiger partial charge in [-0.2, -0.15) is 0 Å². The Labute approximate surface area is 137 Å². The average molecular weight is 315 g/mol. The van der Waals surface area contributed by atoms with Crippen LogP contribution in [0.15, 0.2) is 52.8 Å². The molecule has 1 aromatic heterocycles. The lowest BCUT2D eigenvalue weighted by molar-refractivity contribution is 0.675. The SMILES string of the molecule is CN=C(NCC(C)c1ccccc1)NCC(C)c1cccs1. The minimum atomic E-state index is 0.453. The molecule has 0 aliphatic heterocycles. The molecule has 2 N–H and O–H groups in total. The predicted molar refractivity (Wildman–Crippen MR) is 97.0 cm³/mol. The Bertz CT molecular complexity index is 563. The summed E-state index contributed by atoms with van der Waals surface area (Å²) in [6.45, 7) is 6.22. The smallest absolute Gasteiger partial charge is 0.191 e. The quantitative estimate of drug-likeness (QED) is 0.628. The van der Waals surface area contributed by atoms with E-state index in [2.05, 4.69) is 77.3 Å². The highest BCUT2D eigenvalue weighted by Gasteiger charge is 2.09. The molecule has 2 rings (SSSR count). The number of rotatable bonds is 6. The maximum absolute atomic E-state index is 4.30. The van der Waals surface area contributed by atoms with Crippen LogP contribution in [0, 0.1) is 0 Å². The van der Waals surface area contributed by atoms with Crippen LogP contribution in [0.25, 0.3) is 0 Å². The van der Waals surface area contributed by atoms with Crippen LogP contribution in [-0.2, 0) is 0 Å². The topological polar surface area (TPSA) is 36.4 Å². The number of benzene rings is 1. The molecule has 3 nitrogen and oxygen atoms in total. The van der Waals surface area contributed by atoms with Gasteiger partial charge in [0.05, 0.1) is 0 Å². The van der Waals surface area contributed by atoms with E-state index < -0.39 is 0 Å². The molecule has 1 aromatic carbocycles. The van der Waals surface area contributed by atoms with Gasteiger partial charge in [-0.3, -0.25) is 4.99 Å². The lowest BCUT2D eigenvalue weighted by atomic mass is 10.0. The van der Waals surface area contributed by atoms with Gasteiger partial charge in [0.25, 0.3) is 0 Å². The highest BCUT2D eigenvalue weighted by molar-refractivity contribution is 7.10. The Morgan fingerprint density at radius 1 is 1.00 bits per heavy atom. The van der Waals surface area contributed by atoms with Crippen LogP contribution in [-0.4, -0.2) is 26.1 Å². The zero-order chi connectivity index (χ0) is 15.8. The summed E-state index contributed by atoms with van der Waals surface area (Å²) >= 11 is 1.81. The third-order valence-electron chi connectivity index (χ3n) is 3.77. The molecule has 0 saturated carbocycles. The normalized spacial score (nSPS) is 14.4. The predicted octanol–water partition coefficient (Wildman–Crippen LogP) is 3.82. The maximum atomic E-state index is 4.30. The monoisotopic (exact) mass is 315 g/mol. The second-order valence-electron chi connectivity index (χ2n) is 5.56. The highest BCUT2D eigenvalue weighted by atomic mass is 32.1. The first-order chi connectivity index (χ1) is 10.7. The molecule has 0 saturated heterocycles. The molecular weight excluding hydrogens is 290 g/mol. The van der Waals surface area contributed by atoms with Crippen LogP contribution >= 0.6 is 11.3 Å². The molecule has 0 bridgehead atoms. The number of nitrogens with zero attached hydrogens (tertiary/aromatic N) is 1. The summed E-state index contributed by atoms with van der Waals surface area (Å²) < 4.78 is 0. The van der Waals surface area contributed by atoms with Crippen molar-refractivity contribution >= 4 is 17.3 Å².